The lowest BCUT2D eigenvalue weighted by molar-refractivity contribution is -0.138. The van der Waals surface area contributed by atoms with Crippen LogP contribution in [-0.2, 0) is 14.4 Å². The van der Waals surface area contributed by atoms with E-state index in [4.69, 9.17) is 0 Å². The number of hydrogen-bond acceptors (Lipinski definition) is 4. The smallest absolute Gasteiger partial charge is 0.287 e. The van der Waals surface area contributed by atoms with E-state index in [1.807, 2.05) is 14.0 Å². The normalized spacial score (nSPS) is 11.7. The molecule has 0 heterocycles. The number of hydrogen-bond donors (Lipinski definition) is 3. The number of carbonyl (C=O) groups is 3. The van der Waals surface area contributed by atoms with Crippen LogP contribution in [0.2, 0.25) is 0 Å². The summed E-state index contributed by atoms with van der Waals surface area (Å²) in [5.74, 6) is -0.999. The lowest BCUT2D eigenvalue weighted by Crippen LogP contribution is -2.35. The average molecular weight is 271 g/mol. The van der Waals surface area contributed by atoms with Crippen LogP contribution in [0.4, 0.5) is 0 Å². The van der Waals surface area contributed by atoms with Crippen LogP contribution >= 0.6 is 0 Å². The lowest BCUT2D eigenvalue weighted by Gasteiger charge is -2.13. The molecule has 0 aromatic rings. The fraction of sp³-hybridized carbons (Fsp3) is 0.769. The molecule has 0 radical (unpaired) electrons. The van der Waals surface area contributed by atoms with Crippen molar-refractivity contribution < 1.29 is 14.4 Å². The van der Waals surface area contributed by atoms with E-state index in [9.17, 15) is 14.4 Å². The zero-order valence-electron chi connectivity index (χ0n) is 12.0. The molecule has 0 aromatic carbocycles. The minimum Gasteiger partial charge on any atom is -0.354 e. The summed E-state index contributed by atoms with van der Waals surface area (Å²) in [5, 5.41) is 8.25. The number of carbonyl (C=O) groups excluding carboxylic acids is 3. The predicted octanol–water partition coefficient (Wildman–Crippen LogP) is -0.0239. The summed E-state index contributed by atoms with van der Waals surface area (Å²) >= 11 is 0. The fourth-order valence-corrected chi connectivity index (χ4v) is 1.57. The maximum absolute atomic E-state index is 11.5. The summed E-state index contributed by atoms with van der Waals surface area (Å²) in [6.07, 6.45) is 1.89. The molecule has 0 bridgehead atoms. The van der Waals surface area contributed by atoms with Gasteiger partial charge in [0.15, 0.2) is 0 Å². The lowest BCUT2D eigenvalue weighted by atomic mass is 10.1. The van der Waals surface area contributed by atoms with Gasteiger partial charge in [0.25, 0.3) is 5.91 Å². The van der Waals surface area contributed by atoms with Gasteiger partial charge in [-0.05, 0) is 40.3 Å². The Bertz CT molecular complexity index is 306. The number of nitrogens with one attached hydrogen (secondary N) is 3. The second kappa shape index (κ2) is 10.5. The molecule has 6 heteroatoms. The standard InChI is InChI=1S/C13H25N3O3/c1-4-15-13(19)11(17)8-7-10(2)16-12(18)6-5-9-14-3/h10,14H,4-9H2,1-3H3,(H,15,19)(H,16,18). The van der Waals surface area contributed by atoms with E-state index in [0.717, 1.165) is 13.0 Å². The van der Waals surface area contributed by atoms with Crippen LogP contribution in [0.1, 0.15) is 39.5 Å². The maximum Gasteiger partial charge on any atom is 0.287 e. The van der Waals surface area contributed by atoms with Gasteiger partial charge in [0.1, 0.15) is 0 Å². The molecule has 2 amide bonds. The average Bonchev–Trinajstić information content (AvgIpc) is 2.36. The van der Waals surface area contributed by atoms with Gasteiger partial charge in [0.2, 0.25) is 11.7 Å². The quantitative estimate of drug-likeness (QED) is 0.385. The van der Waals surface area contributed by atoms with Gasteiger partial charge in [-0.1, -0.05) is 0 Å². The monoisotopic (exact) mass is 271 g/mol. The van der Waals surface area contributed by atoms with E-state index in [2.05, 4.69) is 16.0 Å². The number of Topliss-reactive ketones (excluding diaryl/α,β-unsaturated/α-hetero) is 1. The van der Waals surface area contributed by atoms with Crippen molar-refractivity contribution in [2.45, 2.75) is 45.6 Å². The second-order valence-electron chi connectivity index (χ2n) is 4.50. The summed E-state index contributed by atoms with van der Waals surface area (Å²) in [4.78, 5) is 34.1. The Kier molecular flexibility index (Phi) is 9.70. The number of rotatable bonds is 10. The molecular weight excluding hydrogens is 246 g/mol. The molecule has 0 aromatic heterocycles. The third-order valence-electron chi connectivity index (χ3n) is 2.63. The Morgan fingerprint density at radius 1 is 1.16 bits per heavy atom. The van der Waals surface area contributed by atoms with Gasteiger partial charge in [-0.3, -0.25) is 14.4 Å². The molecule has 6 nitrogen and oxygen atoms in total. The van der Waals surface area contributed by atoms with Crippen molar-refractivity contribution in [3.8, 4) is 0 Å². The molecule has 0 fully saturated rings. The Labute approximate surface area is 114 Å². The molecule has 0 spiro atoms. The van der Waals surface area contributed by atoms with Gasteiger partial charge in [-0.2, -0.15) is 0 Å². The number of amides is 2. The summed E-state index contributed by atoms with van der Waals surface area (Å²) in [5.41, 5.74) is 0. The van der Waals surface area contributed by atoms with Crippen molar-refractivity contribution in [2.75, 3.05) is 20.1 Å². The first-order chi connectivity index (χ1) is 9.01. The van der Waals surface area contributed by atoms with Crippen LogP contribution in [0.15, 0.2) is 0 Å². The Balaban J connectivity index is 3.79. The Hall–Kier alpha value is -1.43. The van der Waals surface area contributed by atoms with Crippen molar-refractivity contribution in [3.63, 3.8) is 0 Å². The Morgan fingerprint density at radius 2 is 1.84 bits per heavy atom. The van der Waals surface area contributed by atoms with Gasteiger partial charge in [-0.25, -0.2) is 0 Å². The van der Waals surface area contributed by atoms with Crippen LogP contribution in [0.5, 0.6) is 0 Å². The van der Waals surface area contributed by atoms with Crippen molar-refractivity contribution in [1.82, 2.24) is 16.0 Å². The van der Waals surface area contributed by atoms with Crippen molar-refractivity contribution in [1.29, 1.82) is 0 Å². The van der Waals surface area contributed by atoms with Crippen molar-refractivity contribution >= 4 is 17.6 Å². The highest BCUT2D eigenvalue weighted by atomic mass is 16.2. The van der Waals surface area contributed by atoms with Crippen molar-refractivity contribution in [2.24, 2.45) is 0 Å². The number of ketones is 1. The second-order valence-corrected chi connectivity index (χ2v) is 4.50. The highest BCUT2D eigenvalue weighted by Gasteiger charge is 2.14. The topological polar surface area (TPSA) is 87.3 Å². The van der Waals surface area contributed by atoms with Crippen LogP contribution in [-0.4, -0.2) is 43.8 Å². The highest BCUT2D eigenvalue weighted by molar-refractivity contribution is 6.36. The molecule has 1 unspecified atom stereocenters. The van der Waals surface area contributed by atoms with E-state index in [1.165, 1.54) is 0 Å². The van der Waals surface area contributed by atoms with Crippen LogP contribution < -0.4 is 16.0 Å². The molecule has 19 heavy (non-hydrogen) atoms. The molecule has 0 rings (SSSR count). The molecule has 0 saturated heterocycles. The van der Waals surface area contributed by atoms with Crippen molar-refractivity contribution in [3.05, 3.63) is 0 Å². The fourth-order valence-electron chi connectivity index (χ4n) is 1.57. The van der Waals surface area contributed by atoms with Gasteiger partial charge in [-0.15, -0.1) is 0 Å². The third-order valence-corrected chi connectivity index (χ3v) is 2.63. The molecule has 110 valence electrons. The summed E-state index contributed by atoms with van der Waals surface area (Å²) in [6.45, 7) is 4.85. The minimum absolute atomic E-state index is 0.0202. The zero-order valence-corrected chi connectivity index (χ0v) is 12.0. The van der Waals surface area contributed by atoms with E-state index >= 15 is 0 Å². The summed E-state index contributed by atoms with van der Waals surface area (Å²) < 4.78 is 0. The van der Waals surface area contributed by atoms with Crippen LogP contribution in [0, 0.1) is 0 Å². The molecule has 1 atom stereocenters. The molecule has 0 aliphatic rings. The van der Waals surface area contributed by atoms with Gasteiger partial charge >= 0.3 is 0 Å². The largest absolute Gasteiger partial charge is 0.354 e. The van der Waals surface area contributed by atoms with E-state index in [1.54, 1.807) is 6.92 Å². The molecule has 0 aliphatic carbocycles. The maximum atomic E-state index is 11.5. The third kappa shape index (κ3) is 9.18. The summed E-state index contributed by atoms with van der Waals surface area (Å²) in [7, 11) is 1.84. The van der Waals surface area contributed by atoms with E-state index in [0.29, 0.717) is 19.4 Å². The summed E-state index contributed by atoms with van der Waals surface area (Å²) in [6, 6.07) is -0.0968. The minimum atomic E-state index is -0.546. The zero-order chi connectivity index (χ0) is 14.7. The van der Waals surface area contributed by atoms with Gasteiger partial charge in [0, 0.05) is 25.4 Å². The molecule has 0 aliphatic heterocycles. The molecule has 0 saturated carbocycles. The SMILES string of the molecule is CCNC(=O)C(=O)CCC(C)NC(=O)CCCNC. The van der Waals surface area contributed by atoms with E-state index < -0.39 is 11.7 Å². The van der Waals surface area contributed by atoms with Gasteiger partial charge in [0.05, 0.1) is 0 Å². The first kappa shape index (κ1) is 17.6. The number of likely N-dealkylation sites (N-methyl/N-ethyl adjacent to an activating group) is 1. The first-order valence-corrected chi connectivity index (χ1v) is 6.76. The molecule has 3 N–H and O–H groups in total. The van der Waals surface area contributed by atoms with Gasteiger partial charge < -0.3 is 16.0 Å². The Morgan fingerprint density at radius 3 is 2.42 bits per heavy atom. The highest BCUT2D eigenvalue weighted by Crippen LogP contribution is 1.99. The molecular formula is C13H25N3O3. The van der Waals surface area contributed by atoms with Crippen LogP contribution in [0.3, 0.4) is 0 Å². The first-order valence-electron chi connectivity index (χ1n) is 6.76. The van der Waals surface area contributed by atoms with E-state index in [-0.39, 0.29) is 18.4 Å². The van der Waals surface area contributed by atoms with Crippen LogP contribution in [0.25, 0.3) is 0 Å². The predicted molar refractivity (Wildman–Crippen MR) is 73.7 cm³/mol.